The summed E-state index contributed by atoms with van der Waals surface area (Å²) in [5.41, 5.74) is 0.403. The van der Waals surface area contributed by atoms with Crippen LogP contribution in [0.3, 0.4) is 0 Å². The highest BCUT2D eigenvalue weighted by molar-refractivity contribution is 6.00. The first-order valence-corrected chi connectivity index (χ1v) is 7.27. The molecule has 0 saturated carbocycles. The van der Waals surface area contributed by atoms with Crippen molar-refractivity contribution in [3.8, 4) is 0 Å². The van der Waals surface area contributed by atoms with Crippen molar-refractivity contribution in [3.63, 3.8) is 0 Å². The van der Waals surface area contributed by atoms with Crippen LogP contribution >= 0.6 is 12.4 Å². The molecule has 2 rings (SSSR count). The first-order chi connectivity index (χ1) is 10.7. The van der Waals surface area contributed by atoms with E-state index in [1.807, 2.05) is 0 Å². The molecule has 0 spiro atoms. The monoisotopic (exact) mass is 356 g/mol. The molecule has 0 bridgehead atoms. The molecule has 2 aromatic heterocycles. The average Bonchev–Trinajstić information content (AvgIpc) is 2.90. The number of amides is 1. The number of hydrogen-bond donors (Lipinski definition) is 3. The van der Waals surface area contributed by atoms with Gasteiger partial charge < -0.3 is 10.4 Å². The summed E-state index contributed by atoms with van der Waals surface area (Å²) in [6.07, 6.45) is 2.90. The lowest BCUT2D eigenvalue weighted by Gasteiger charge is -2.18. The van der Waals surface area contributed by atoms with Crippen LogP contribution in [0.1, 0.15) is 43.2 Å². The zero-order valence-electron chi connectivity index (χ0n) is 13.8. The minimum absolute atomic E-state index is 0. The minimum Gasteiger partial charge on any atom is -0.480 e. The fourth-order valence-corrected chi connectivity index (χ4v) is 2.20. The van der Waals surface area contributed by atoms with Gasteiger partial charge in [0.05, 0.1) is 0 Å². The van der Waals surface area contributed by atoms with Crippen molar-refractivity contribution >= 4 is 29.9 Å². The molecular weight excluding hydrogens is 336 g/mol. The van der Waals surface area contributed by atoms with Crippen LogP contribution in [0.15, 0.2) is 17.2 Å². The van der Waals surface area contributed by atoms with Crippen LogP contribution in [-0.4, -0.2) is 38.1 Å². The van der Waals surface area contributed by atoms with Gasteiger partial charge in [-0.05, 0) is 18.3 Å². The largest absolute Gasteiger partial charge is 0.480 e. The van der Waals surface area contributed by atoms with Gasteiger partial charge in [0.1, 0.15) is 18.4 Å². The smallest absolute Gasteiger partial charge is 0.322 e. The second-order valence-electron chi connectivity index (χ2n) is 6.56. The van der Waals surface area contributed by atoms with Crippen molar-refractivity contribution in [1.29, 1.82) is 0 Å². The van der Waals surface area contributed by atoms with Crippen LogP contribution in [-0.2, 0) is 11.2 Å². The molecule has 24 heavy (non-hydrogen) atoms. The highest BCUT2D eigenvalue weighted by Crippen LogP contribution is 2.21. The number of nitrogens with zero attached hydrogens (tertiary/aromatic N) is 2. The highest BCUT2D eigenvalue weighted by Gasteiger charge is 2.20. The number of pyridine rings is 1. The molecule has 8 nitrogen and oxygen atoms in total. The van der Waals surface area contributed by atoms with Gasteiger partial charge >= 0.3 is 5.97 Å². The van der Waals surface area contributed by atoms with Gasteiger partial charge in [-0.1, -0.05) is 20.8 Å². The molecule has 2 heterocycles. The van der Waals surface area contributed by atoms with Crippen LogP contribution in [0.4, 0.5) is 0 Å². The Hall–Kier alpha value is -2.35. The second-order valence-corrected chi connectivity index (χ2v) is 6.56. The number of carbonyl (C=O) groups excluding carboxylic acids is 1. The molecule has 0 aliphatic carbocycles. The van der Waals surface area contributed by atoms with E-state index in [-0.39, 0.29) is 29.0 Å². The number of fused-ring (bicyclic) bond motifs is 1. The van der Waals surface area contributed by atoms with Gasteiger partial charge in [-0.2, -0.15) is 0 Å². The van der Waals surface area contributed by atoms with E-state index in [0.29, 0.717) is 6.42 Å². The molecule has 132 valence electrons. The predicted molar refractivity (Wildman–Crippen MR) is 90.8 cm³/mol. The SMILES string of the molecule is CC(C)(C)CCc1cc(=O)c(C(=O)NCC(=O)O)c2nc[nH]n12.Cl. The zero-order chi connectivity index (χ0) is 17.2. The fraction of sp³-hybridized carbons (Fsp3) is 0.467. The maximum absolute atomic E-state index is 12.3. The molecule has 0 fully saturated rings. The van der Waals surface area contributed by atoms with Gasteiger partial charge in [-0.3, -0.25) is 19.5 Å². The van der Waals surface area contributed by atoms with Gasteiger partial charge in [0.15, 0.2) is 11.1 Å². The van der Waals surface area contributed by atoms with Gasteiger partial charge in [0.25, 0.3) is 5.91 Å². The molecular formula is C15H21ClN4O4. The summed E-state index contributed by atoms with van der Waals surface area (Å²) in [5, 5.41) is 13.7. The van der Waals surface area contributed by atoms with Gasteiger partial charge in [-0.25, -0.2) is 9.50 Å². The molecule has 2 aromatic rings. The van der Waals surface area contributed by atoms with E-state index in [1.54, 1.807) is 4.52 Å². The van der Waals surface area contributed by atoms with E-state index in [0.717, 1.165) is 12.1 Å². The minimum atomic E-state index is -1.18. The van der Waals surface area contributed by atoms with Crippen LogP contribution in [0.2, 0.25) is 0 Å². The first-order valence-electron chi connectivity index (χ1n) is 7.27. The zero-order valence-corrected chi connectivity index (χ0v) is 14.6. The summed E-state index contributed by atoms with van der Waals surface area (Å²) in [7, 11) is 0. The van der Waals surface area contributed by atoms with Crippen molar-refractivity contribution in [2.75, 3.05) is 6.54 Å². The number of hydrogen-bond acceptors (Lipinski definition) is 4. The van der Waals surface area contributed by atoms with E-state index in [4.69, 9.17) is 5.11 Å². The summed E-state index contributed by atoms with van der Waals surface area (Å²) in [6.45, 7) is 5.76. The third kappa shape index (κ3) is 4.58. The lowest BCUT2D eigenvalue weighted by atomic mass is 9.89. The number of carbonyl (C=O) groups is 2. The van der Waals surface area contributed by atoms with Crippen LogP contribution in [0.25, 0.3) is 5.65 Å². The Labute approximate surface area is 144 Å². The molecule has 1 amide bonds. The summed E-state index contributed by atoms with van der Waals surface area (Å²) in [6, 6.07) is 1.40. The topological polar surface area (TPSA) is 117 Å². The number of carboxylic acids is 1. The van der Waals surface area contributed by atoms with E-state index in [1.165, 1.54) is 12.4 Å². The molecule has 3 N–H and O–H groups in total. The first kappa shape index (κ1) is 19.7. The normalized spacial score (nSPS) is 11.1. The van der Waals surface area contributed by atoms with Gasteiger partial charge in [0.2, 0.25) is 0 Å². The van der Waals surface area contributed by atoms with Gasteiger partial charge in [0, 0.05) is 11.8 Å². The third-order valence-corrected chi connectivity index (χ3v) is 3.40. The van der Waals surface area contributed by atoms with E-state index in [2.05, 4.69) is 36.2 Å². The second kappa shape index (κ2) is 7.48. The molecule has 0 aliphatic rings. The lowest BCUT2D eigenvalue weighted by Crippen LogP contribution is -2.33. The molecule has 0 atom stereocenters. The van der Waals surface area contributed by atoms with Crippen molar-refractivity contribution in [3.05, 3.63) is 33.9 Å². The lowest BCUT2D eigenvalue weighted by molar-refractivity contribution is -0.135. The number of rotatable bonds is 5. The van der Waals surface area contributed by atoms with Gasteiger partial charge in [-0.15, -0.1) is 12.4 Å². The van der Waals surface area contributed by atoms with Crippen molar-refractivity contribution in [2.45, 2.75) is 33.6 Å². The van der Waals surface area contributed by atoms with Crippen LogP contribution in [0, 0.1) is 5.41 Å². The predicted octanol–water partition coefficient (Wildman–Crippen LogP) is 1.24. The average molecular weight is 357 g/mol. The molecule has 0 aromatic carbocycles. The number of aryl methyl sites for hydroxylation is 1. The Balaban J connectivity index is 0.00000288. The summed E-state index contributed by atoms with van der Waals surface area (Å²) < 4.78 is 1.59. The Morgan fingerprint density at radius 1 is 1.38 bits per heavy atom. The molecule has 0 unspecified atom stereocenters. The number of nitrogens with one attached hydrogen (secondary N) is 2. The number of carboxylic acid groups (broad SMARTS) is 1. The van der Waals surface area contributed by atoms with E-state index < -0.39 is 23.9 Å². The molecule has 0 radical (unpaired) electrons. The summed E-state index contributed by atoms with van der Waals surface area (Å²) in [4.78, 5) is 38.9. The van der Waals surface area contributed by atoms with Crippen LogP contribution < -0.4 is 10.7 Å². The van der Waals surface area contributed by atoms with Crippen molar-refractivity contribution < 1.29 is 14.7 Å². The van der Waals surface area contributed by atoms with E-state index in [9.17, 15) is 14.4 Å². The Morgan fingerprint density at radius 2 is 2.04 bits per heavy atom. The van der Waals surface area contributed by atoms with E-state index >= 15 is 0 Å². The Kier molecular flexibility index (Phi) is 6.14. The van der Waals surface area contributed by atoms with Crippen molar-refractivity contribution in [1.82, 2.24) is 19.9 Å². The maximum Gasteiger partial charge on any atom is 0.322 e. The van der Waals surface area contributed by atoms with Crippen molar-refractivity contribution in [2.24, 2.45) is 5.41 Å². The summed E-state index contributed by atoms with van der Waals surface area (Å²) >= 11 is 0. The molecule has 0 aliphatic heterocycles. The number of aromatic nitrogens is 3. The third-order valence-electron chi connectivity index (χ3n) is 3.40. The quantitative estimate of drug-likeness (QED) is 0.745. The van der Waals surface area contributed by atoms with Crippen LogP contribution in [0.5, 0.6) is 0 Å². The fourth-order valence-electron chi connectivity index (χ4n) is 2.20. The standard InChI is InChI=1S/C15H20N4O4.ClH/c1-15(2,3)5-4-9-6-10(20)12(13-17-8-18-19(9)13)14(23)16-7-11(21)22;/h6,8H,4-5,7H2,1-3H3,(H,16,23)(H,17,18)(H,21,22);1H. The highest BCUT2D eigenvalue weighted by atomic mass is 35.5. The molecule has 0 saturated heterocycles. The number of aliphatic carboxylic acids is 1. The number of aromatic amines is 1. The Bertz CT molecular complexity index is 804. The number of halogens is 1. The Morgan fingerprint density at radius 3 is 2.62 bits per heavy atom. The number of H-pyrrole nitrogens is 1. The maximum atomic E-state index is 12.3. The molecule has 9 heteroatoms. The summed E-state index contributed by atoms with van der Waals surface area (Å²) in [5.74, 6) is -1.93.